The average molecular weight is 205 g/mol. The van der Waals surface area contributed by atoms with Crippen LogP contribution in [0.1, 0.15) is 49.8 Å². The first-order chi connectivity index (χ1) is 7.16. The highest BCUT2D eigenvalue weighted by atomic mass is 15.0. The second-order valence-corrected chi connectivity index (χ2v) is 4.59. The Bertz CT molecular complexity index is 347. The molecule has 1 aliphatic carbocycles. The van der Waals surface area contributed by atoms with Gasteiger partial charge in [0.2, 0.25) is 0 Å². The quantitative estimate of drug-likeness (QED) is 0.804. The van der Waals surface area contributed by atoms with Crippen molar-refractivity contribution in [3.8, 4) is 0 Å². The molecule has 82 valence electrons. The summed E-state index contributed by atoms with van der Waals surface area (Å²) in [4.78, 5) is 8.82. The molecular formula is C12H19N3. The van der Waals surface area contributed by atoms with E-state index in [0.717, 1.165) is 12.2 Å². The predicted molar refractivity (Wildman–Crippen MR) is 60.7 cm³/mol. The van der Waals surface area contributed by atoms with Crippen molar-refractivity contribution in [2.45, 2.75) is 52.1 Å². The highest BCUT2D eigenvalue weighted by molar-refractivity contribution is 5.24. The van der Waals surface area contributed by atoms with Crippen LogP contribution in [0.2, 0.25) is 0 Å². The van der Waals surface area contributed by atoms with Crippen molar-refractivity contribution in [3.05, 3.63) is 23.3 Å². The summed E-state index contributed by atoms with van der Waals surface area (Å²) in [6.45, 7) is 6.33. The van der Waals surface area contributed by atoms with Gasteiger partial charge in [-0.05, 0) is 26.2 Å². The Morgan fingerprint density at radius 2 is 2.27 bits per heavy atom. The minimum atomic E-state index is 0.453. The van der Waals surface area contributed by atoms with Crippen molar-refractivity contribution < 1.29 is 0 Å². The zero-order valence-electron chi connectivity index (χ0n) is 9.75. The third-order valence-corrected chi connectivity index (χ3v) is 2.84. The SMILES string of the molecule is Cc1ncc2c(n1)CCCC2NC(C)C. The molecular weight excluding hydrogens is 186 g/mol. The van der Waals surface area contributed by atoms with Gasteiger partial charge in [0.15, 0.2) is 0 Å². The number of fused-ring (bicyclic) bond motifs is 1. The summed E-state index contributed by atoms with van der Waals surface area (Å²) in [5.41, 5.74) is 2.55. The van der Waals surface area contributed by atoms with Gasteiger partial charge in [0, 0.05) is 29.5 Å². The van der Waals surface area contributed by atoms with Gasteiger partial charge in [0.25, 0.3) is 0 Å². The van der Waals surface area contributed by atoms with Crippen LogP contribution in [0.3, 0.4) is 0 Å². The van der Waals surface area contributed by atoms with Gasteiger partial charge in [-0.3, -0.25) is 0 Å². The van der Waals surface area contributed by atoms with Gasteiger partial charge in [-0.2, -0.15) is 0 Å². The van der Waals surface area contributed by atoms with Gasteiger partial charge in [0.05, 0.1) is 0 Å². The summed E-state index contributed by atoms with van der Waals surface area (Å²) in [6, 6.07) is 0.969. The van der Waals surface area contributed by atoms with E-state index in [1.165, 1.54) is 24.1 Å². The van der Waals surface area contributed by atoms with Gasteiger partial charge in [-0.1, -0.05) is 13.8 Å². The summed E-state index contributed by atoms with van der Waals surface area (Å²) in [5.74, 6) is 0.888. The Morgan fingerprint density at radius 1 is 1.47 bits per heavy atom. The molecule has 0 radical (unpaired) electrons. The predicted octanol–water partition coefficient (Wildman–Crippen LogP) is 2.16. The molecule has 2 rings (SSSR count). The highest BCUT2D eigenvalue weighted by Crippen LogP contribution is 2.28. The number of nitrogens with zero attached hydrogens (tertiary/aromatic N) is 2. The minimum absolute atomic E-state index is 0.453. The third-order valence-electron chi connectivity index (χ3n) is 2.84. The van der Waals surface area contributed by atoms with E-state index in [4.69, 9.17) is 0 Å². The molecule has 1 N–H and O–H groups in total. The van der Waals surface area contributed by atoms with Gasteiger partial charge in [-0.25, -0.2) is 9.97 Å². The van der Waals surface area contributed by atoms with Crippen LogP contribution in [0.25, 0.3) is 0 Å². The smallest absolute Gasteiger partial charge is 0.125 e. The first-order valence-electron chi connectivity index (χ1n) is 5.75. The lowest BCUT2D eigenvalue weighted by Gasteiger charge is -2.27. The number of aryl methyl sites for hydroxylation is 2. The first-order valence-corrected chi connectivity index (χ1v) is 5.75. The Hall–Kier alpha value is -0.960. The number of nitrogens with one attached hydrogen (secondary N) is 1. The molecule has 0 aromatic carbocycles. The van der Waals surface area contributed by atoms with Crippen LogP contribution in [0.4, 0.5) is 0 Å². The molecule has 1 unspecified atom stereocenters. The lowest BCUT2D eigenvalue weighted by molar-refractivity contribution is 0.417. The highest BCUT2D eigenvalue weighted by Gasteiger charge is 2.21. The summed E-state index contributed by atoms with van der Waals surface area (Å²) >= 11 is 0. The molecule has 0 amide bonds. The molecule has 3 nitrogen and oxygen atoms in total. The van der Waals surface area contributed by atoms with Gasteiger partial charge in [-0.15, -0.1) is 0 Å². The van der Waals surface area contributed by atoms with E-state index >= 15 is 0 Å². The van der Waals surface area contributed by atoms with Crippen molar-refractivity contribution in [1.29, 1.82) is 0 Å². The zero-order chi connectivity index (χ0) is 10.8. The molecule has 0 fully saturated rings. The van der Waals surface area contributed by atoms with Crippen molar-refractivity contribution in [3.63, 3.8) is 0 Å². The van der Waals surface area contributed by atoms with E-state index in [2.05, 4.69) is 29.1 Å². The molecule has 0 saturated heterocycles. The van der Waals surface area contributed by atoms with Crippen LogP contribution in [0.15, 0.2) is 6.20 Å². The lowest BCUT2D eigenvalue weighted by Crippen LogP contribution is -2.31. The maximum atomic E-state index is 4.52. The largest absolute Gasteiger partial charge is 0.308 e. The van der Waals surface area contributed by atoms with E-state index in [9.17, 15) is 0 Å². The second kappa shape index (κ2) is 4.27. The number of aromatic nitrogens is 2. The van der Waals surface area contributed by atoms with Crippen LogP contribution < -0.4 is 5.32 Å². The van der Waals surface area contributed by atoms with Crippen LogP contribution in [-0.2, 0) is 6.42 Å². The first kappa shape index (κ1) is 10.6. The van der Waals surface area contributed by atoms with Gasteiger partial charge < -0.3 is 5.32 Å². The Balaban J connectivity index is 2.26. The number of rotatable bonds is 2. The average Bonchev–Trinajstić information content (AvgIpc) is 2.16. The topological polar surface area (TPSA) is 37.8 Å². The summed E-state index contributed by atoms with van der Waals surface area (Å²) < 4.78 is 0. The fourth-order valence-electron chi connectivity index (χ4n) is 2.22. The van der Waals surface area contributed by atoms with Crippen molar-refractivity contribution in [1.82, 2.24) is 15.3 Å². The fourth-order valence-corrected chi connectivity index (χ4v) is 2.22. The van der Waals surface area contributed by atoms with E-state index in [0.29, 0.717) is 12.1 Å². The van der Waals surface area contributed by atoms with Gasteiger partial charge in [0.1, 0.15) is 5.82 Å². The minimum Gasteiger partial charge on any atom is -0.308 e. The molecule has 1 aromatic heterocycles. The Kier molecular flexibility index (Phi) is 3.00. The fraction of sp³-hybridized carbons (Fsp3) is 0.667. The Labute approximate surface area is 91.3 Å². The molecule has 15 heavy (non-hydrogen) atoms. The zero-order valence-corrected chi connectivity index (χ0v) is 9.75. The maximum absolute atomic E-state index is 4.52. The molecule has 0 aliphatic heterocycles. The van der Waals surface area contributed by atoms with E-state index < -0.39 is 0 Å². The van der Waals surface area contributed by atoms with Crippen LogP contribution in [0, 0.1) is 6.92 Å². The van der Waals surface area contributed by atoms with E-state index in [1.54, 1.807) is 0 Å². The third kappa shape index (κ3) is 2.34. The standard InChI is InChI=1S/C12H19N3/c1-8(2)14-11-5-4-6-12-10(11)7-13-9(3)15-12/h7-8,11,14H,4-6H2,1-3H3. The molecule has 1 heterocycles. The van der Waals surface area contributed by atoms with E-state index in [-0.39, 0.29) is 0 Å². The molecule has 0 bridgehead atoms. The molecule has 1 atom stereocenters. The molecule has 1 aliphatic rings. The number of hydrogen-bond acceptors (Lipinski definition) is 3. The normalized spacial score (nSPS) is 20.4. The molecule has 0 saturated carbocycles. The van der Waals surface area contributed by atoms with Crippen LogP contribution in [-0.4, -0.2) is 16.0 Å². The summed E-state index contributed by atoms with van der Waals surface area (Å²) in [6.07, 6.45) is 5.54. The van der Waals surface area contributed by atoms with Gasteiger partial charge >= 0.3 is 0 Å². The molecule has 3 heteroatoms. The summed E-state index contributed by atoms with van der Waals surface area (Å²) in [7, 11) is 0. The lowest BCUT2D eigenvalue weighted by atomic mass is 9.92. The van der Waals surface area contributed by atoms with Crippen LogP contribution in [0.5, 0.6) is 0 Å². The summed E-state index contributed by atoms with van der Waals surface area (Å²) in [5, 5.41) is 3.58. The van der Waals surface area contributed by atoms with Crippen molar-refractivity contribution in [2.75, 3.05) is 0 Å². The van der Waals surface area contributed by atoms with Crippen molar-refractivity contribution >= 4 is 0 Å². The maximum Gasteiger partial charge on any atom is 0.125 e. The molecule has 0 spiro atoms. The molecule has 1 aromatic rings. The van der Waals surface area contributed by atoms with E-state index in [1.807, 2.05) is 13.1 Å². The monoisotopic (exact) mass is 205 g/mol. The second-order valence-electron chi connectivity index (χ2n) is 4.59. The van der Waals surface area contributed by atoms with Crippen molar-refractivity contribution in [2.24, 2.45) is 0 Å². The Morgan fingerprint density at radius 3 is 3.00 bits per heavy atom. The van der Waals surface area contributed by atoms with Crippen LogP contribution >= 0.6 is 0 Å². The number of hydrogen-bond donors (Lipinski definition) is 1.